The molecule has 0 amide bonds. The van der Waals surface area contributed by atoms with Crippen LogP contribution in [0.5, 0.6) is 0 Å². The molecule has 0 aliphatic rings. The maximum atomic E-state index is 3.75. The van der Waals surface area contributed by atoms with Crippen LogP contribution in [0.2, 0.25) is 0 Å². The van der Waals surface area contributed by atoms with Gasteiger partial charge in [0.15, 0.2) is 0 Å². The Morgan fingerprint density at radius 2 is 0.462 bits per heavy atom. The first kappa shape index (κ1) is 26.3. The normalized spacial score (nSPS) is 13.3. The molecule has 0 aliphatic heterocycles. The van der Waals surface area contributed by atoms with Crippen LogP contribution in [0.1, 0.15) is 0 Å². The Balaban J connectivity index is 2.14. The van der Waals surface area contributed by atoms with Gasteiger partial charge in [-0.2, -0.15) is 0 Å². The molecule has 0 bridgehead atoms. The summed E-state index contributed by atoms with van der Waals surface area (Å²) in [4.78, 5) is 0. The molecule has 0 spiro atoms. The Morgan fingerprint density at radius 1 is 0.256 bits per heavy atom. The van der Waals surface area contributed by atoms with Crippen LogP contribution in [0.25, 0.3) is 0 Å². The second-order valence-electron chi connectivity index (χ2n) is 9.69. The van der Waals surface area contributed by atoms with E-state index < -0.39 is 15.4 Å². The van der Waals surface area contributed by atoms with E-state index in [1.165, 1.54) is 21.7 Å². The number of benzene rings is 6. The standard InChI is InChI=1S/C36H28Br2Te/c37-29-21-25-35(26-22-29)39(31-13-5-1-6-14-31,32-15-7-2-8-16-32,33-17-9-3-10-18-33,34-19-11-4-12-20-34)36-27-23-30(38)24-28-36/h1-28H. The van der Waals surface area contributed by atoms with E-state index in [2.05, 4.69) is 202 Å². The first-order valence-electron chi connectivity index (χ1n) is 12.9. The summed E-state index contributed by atoms with van der Waals surface area (Å²) in [5, 5.41) is 0. The minimum absolute atomic E-state index is 1.06. The van der Waals surface area contributed by atoms with Gasteiger partial charge in [0.2, 0.25) is 0 Å². The van der Waals surface area contributed by atoms with Gasteiger partial charge in [0.05, 0.1) is 0 Å². The van der Waals surface area contributed by atoms with E-state index in [0.717, 1.165) is 8.95 Å². The second-order valence-corrected chi connectivity index (χ2v) is 28.3. The van der Waals surface area contributed by atoms with Crippen molar-refractivity contribution in [3.63, 3.8) is 0 Å². The Hall–Kier alpha value is -2.93. The zero-order valence-electron chi connectivity index (χ0n) is 21.3. The van der Waals surface area contributed by atoms with Crippen molar-refractivity contribution in [2.24, 2.45) is 0 Å². The predicted octanol–water partition coefficient (Wildman–Crippen LogP) is 6.31. The fraction of sp³-hybridized carbons (Fsp3) is 0. The first-order chi connectivity index (χ1) is 19.1. The van der Waals surface area contributed by atoms with Gasteiger partial charge in [-0.15, -0.1) is 0 Å². The molecule has 39 heavy (non-hydrogen) atoms. The number of rotatable bonds is 6. The zero-order chi connectivity index (χ0) is 26.8. The first-order valence-corrected chi connectivity index (χ1v) is 21.5. The molecule has 192 valence electrons. The number of hydrogen-bond donors (Lipinski definition) is 0. The van der Waals surface area contributed by atoms with Crippen molar-refractivity contribution in [1.29, 1.82) is 0 Å². The number of hydrogen-bond acceptors (Lipinski definition) is 0. The van der Waals surface area contributed by atoms with E-state index in [-0.39, 0.29) is 0 Å². The van der Waals surface area contributed by atoms with Gasteiger partial charge in [-0.3, -0.25) is 0 Å². The summed E-state index contributed by atoms with van der Waals surface area (Å²) in [7, 11) is 0. The maximum absolute atomic E-state index is 5.68. The van der Waals surface area contributed by atoms with E-state index in [1.54, 1.807) is 0 Å². The Morgan fingerprint density at radius 3 is 0.692 bits per heavy atom. The summed E-state index contributed by atoms with van der Waals surface area (Å²) in [6.45, 7) is 0. The summed E-state index contributed by atoms with van der Waals surface area (Å²) >= 11 is 1.83. The van der Waals surface area contributed by atoms with Gasteiger partial charge in [0.25, 0.3) is 0 Å². The van der Waals surface area contributed by atoms with Crippen molar-refractivity contribution in [3.8, 4) is 0 Å². The summed E-state index contributed by atoms with van der Waals surface area (Å²) < 4.78 is 10.1. The van der Waals surface area contributed by atoms with Crippen molar-refractivity contribution < 1.29 is 0 Å². The topological polar surface area (TPSA) is 0 Å². The summed E-state index contributed by atoms with van der Waals surface area (Å²) in [5.41, 5.74) is 0. The van der Waals surface area contributed by atoms with E-state index in [1.807, 2.05) is 0 Å². The van der Waals surface area contributed by atoms with Crippen LogP contribution in [0.4, 0.5) is 0 Å². The van der Waals surface area contributed by atoms with E-state index in [0.29, 0.717) is 0 Å². The molecule has 0 radical (unpaired) electrons. The average Bonchev–Trinajstić information content (AvgIpc) is 3.02. The molecule has 0 fully saturated rings. The minimum atomic E-state index is -5.68. The van der Waals surface area contributed by atoms with Crippen molar-refractivity contribution in [3.05, 3.63) is 179 Å². The molecule has 0 aliphatic carbocycles. The Bertz CT molecular complexity index is 1490. The third kappa shape index (κ3) is 3.22. The van der Waals surface area contributed by atoms with Gasteiger partial charge in [-0.25, -0.2) is 0 Å². The molecule has 0 nitrogen and oxygen atoms in total. The van der Waals surface area contributed by atoms with Crippen LogP contribution in [0.3, 0.4) is 0 Å². The summed E-state index contributed by atoms with van der Waals surface area (Å²) in [6.07, 6.45) is 0. The van der Waals surface area contributed by atoms with Crippen LogP contribution >= 0.6 is 31.9 Å². The summed E-state index contributed by atoms with van der Waals surface area (Å²) in [5.74, 6) is 0. The molecule has 0 N–H and O–H groups in total. The van der Waals surface area contributed by atoms with Gasteiger partial charge in [-0.1, -0.05) is 0 Å². The molecule has 0 heterocycles. The van der Waals surface area contributed by atoms with Crippen LogP contribution < -0.4 is 21.7 Å². The van der Waals surface area contributed by atoms with Gasteiger partial charge >= 0.3 is 248 Å². The van der Waals surface area contributed by atoms with Gasteiger partial charge < -0.3 is 0 Å². The fourth-order valence-electron chi connectivity index (χ4n) is 6.63. The molecule has 0 unspecified atom stereocenters. The van der Waals surface area contributed by atoms with Gasteiger partial charge in [0, 0.05) is 0 Å². The average molecular weight is 748 g/mol. The Labute approximate surface area is 245 Å². The monoisotopic (exact) mass is 748 g/mol. The molecule has 0 saturated carbocycles. The van der Waals surface area contributed by atoms with E-state index in [4.69, 9.17) is 0 Å². The van der Waals surface area contributed by atoms with Crippen LogP contribution in [-0.4, -0.2) is 15.4 Å². The molecule has 0 saturated heterocycles. The number of halogens is 2. The van der Waals surface area contributed by atoms with E-state index in [9.17, 15) is 0 Å². The molecule has 6 rings (SSSR count). The molecule has 6 aromatic carbocycles. The molecule has 0 aromatic heterocycles. The Kier molecular flexibility index (Phi) is 6.69. The molecule has 3 heteroatoms. The van der Waals surface area contributed by atoms with Crippen LogP contribution in [0.15, 0.2) is 179 Å². The van der Waals surface area contributed by atoms with Crippen LogP contribution in [-0.2, 0) is 0 Å². The van der Waals surface area contributed by atoms with E-state index >= 15 is 0 Å². The zero-order valence-corrected chi connectivity index (χ0v) is 26.8. The quantitative estimate of drug-likeness (QED) is 0.176. The molecule has 6 aromatic rings. The second kappa shape index (κ2) is 9.92. The van der Waals surface area contributed by atoms with Crippen molar-refractivity contribution in [2.45, 2.75) is 0 Å². The van der Waals surface area contributed by atoms with Gasteiger partial charge in [0.1, 0.15) is 0 Å². The molecular weight excluding hydrogens is 720 g/mol. The molecular formula is C36H28Br2Te. The SMILES string of the molecule is Brc1ccc([Te](c2ccccc2)(c2ccccc2)(c2ccccc2)(c2ccccc2)c2ccc(Br)cc2)cc1. The third-order valence-electron chi connectivity index (χ3n) is 8.14. The predicted molar refractivity (Wildman–Crippen MR) is 178 cm³/mol. The van der Waals surface area contributed by atoms with Gasteiger partial charge in [-0.05, 0) is 0 Å². The van der Waals surface area contributed by atoms with Crippen LogP contribution in [0, 0.1) is 0 Å². The van der Waals surface area contributed by atoms with Crippen molar-refractivity contribution in [2.75, 3.05) is 0 Å². The molecule has 0 atom stereocenters. The van der Waals surface area contributed by atoms with Crippen molar-refractivity contribution in [1.82, 2.24) is 0 Å². The fourth-order valence-corrected chi connectivity index (χ4v) is 33.0. The van der Waals surface area contributed by atoms with Crippen molar-refractivity contribution >= 4 is 69.0 Å². The summed E-state index contributed by atoms with van der Waals surface area (Å²) in [6, 6.07) is 63.3. The third-order valence-corrected chi connectivity index (χ3v) is 34.0.